The van der Waals surface area contributed by atoms with Crippen LogP contribution >= 0.6 is 11.6 Å². The lowest BCUT2D eigenvalue weighted by atomic mass is 10.2. The number of nitrogens with one attached hydrogen (secondary N) is 1. The second kappa shape index (κ2) is 3.79. The van der Waals surface area contributed by atoms with Crippen molar-refractivity contribution in [1.82, 2.24) is 9.97 Å². The summed E-state index contributed by atoms with van der Waals surface area (Å²) in [4.78, 5) is 7.75. The van der Waals surface area contributed by atoms with Crippen LogP contribution in [0.2, 0.25) is 5.02 Å². The van der Waals surface area contributed by atoms with Crippen LogP contribution in [0, 0.1) is 0 Å². The average Bonchev–Trinajstić information content (AvgIpc) is 2.76. The summed E-state index contributed by atoms with van der Waals surface area (Å²) in [7, 11) is 0. The summed E-state index contributed by atoms with van der Waals surface area (Å²) in [6.45, 7) is 0. The Bertz CT molecular complexity index is 655. The molecule has 0 saturated heterocycles. The van der Waals surface area contributed by atoms with Crippen LogP contribution < -0.4 is 5.73 Å². The molecule has 0 unspecified atom stereocenters. The number of rotatable bonds is 1. The number of nitrogen functional groups attached to an aromatic ring is 1. The number of aromatic nitrogens is 2. The maximum Gasteiger partial charge on any atom is 0.138 e. The second-order valence-electron chi connectivity index (χ2n) is 3.84. The van der Waals surface area contributed by atoms with E-state index in [-0.39, 0.29) is 0 Å². The summed E-state index contributed by atoms with van der Waals surface area (Å²) in [6, 6.07) is 13.4. The van der Waals surface area contributed by atoms with Gasteiger partial charge < -0.3 is 10.7 Å². The van der Waals surface area contributed by atoms with Gasteiger partial charge in [-0.05, 0) is 30.3 Å². The largest absolute Gasteiger partial charge is 0.398 e. The Labute approximate surface area is 103 Å². The van der Waals surface area contributed by atoms with E-state index in [1.165, 1.54) is 0 Å². The van der Waals surface area contributed by atoms with Gasteiger partial charge in [0, 0.05) is 5.56 Å². The lowest BCUT2D eigenvalue weighted by Gasteiger charge is -2.00. The third kappa shape index (κ3) is 1.74. The zero-order valence-electron chi connectivity index (χ0n) is 8.94. The molecular weight excluding hydrogens is 234 g/mol. The van der Waals surface area contributed by atoms with E-state index in [0.29, 0.717) is 10.7 Å². The molecule has 0 amide bonds. The molecular formula is C13H10ClN3. The quantitative estimate of drug-likeness (QED) is 0.643. The molecule has 1 aromatic heterocycles. The van der Waals surface area contributed by atoms with E-state index in [1.54, 1.807) is 6.07 Å². The number of nitrogens with zero attached hydrogens (tertiary/aromatic N) is 1. The number of halogens is 1. The maximum absolute atomic E-state index is 5.89. The van der Waals surface area contributed by atoms with Gasteiger partial charge >= 0.3 is 0 Å². The number of benzene rings is 2. The third-order valence-electron chi connectivity index (χ3n) is 2.66. The van der Waals surface area contributed by atoms with Gasteiger partial charge in [-0.2, -0.15) is 0 Å². The van der Waals surface area contributed by atoms with Crippen molar-refractivity contribution in [2.45, 2.75) is 0 Å². The molecule has 0 aliphatic heterocycles. The first kappa shape index (κ1) is 10.2. The van der Waals surface area contributed by atoms with Crippen LogP contribution in [0.15, 0.2) is 42.5 Å². The highest BCUT2D eigenvalue weighted by molar-refractivity contribution is 6.33. The number of hydrogen-bond acceptors (Lipinski definition) is 2. The first-order chi connectivity index (χ1) is 8.24. The molecule has 0 aliphatic rings. The molecule has 3 N–H and O–H groups in total. The lowest BCUT2D eigenvalue weighted by Crippen LogP contribution is -1.88. The predicted octanol–water partition coefficient (Wildman–Crippen LogP) is 3.47. The van der Waals surface area contributed by atoms with Crippen molar-refractivity contribution in [1.29, 1.82) is 0 Å². The minimum Gasteiger partial charge on any atom is -0.398 e. The number of para-hydroxylation sites is 2. The van der Waals surface area contributed by atoms with Crippen molar-refractivity contribution in [3.63, 3.8) is 0 Å². The number of hydrogen-bond donors (Lipinski definition) is 2. The van der Waals surface area contributed by atoms with E-state index >= 15 is 0 Å². The maximum atomic E-state index is 5.89. The van der Waals surface area contributed by atoms with Gasteiger partial charge in [0.25, 0.3) is 0 Å². The number of fused-ring (bicyclic) bond motifs is 1. The summed E-state index contributed by atoms with van der Waals surface area (Å²) >= 11 is 5.89. The Hall–Kier alpha value is -2.00. The van der Waals surface area contributed by atoms with Crippen molar-refractivity contribution in [3.8, 4) is 11.4 Å². The van der Waals surface area contributed by atoms with Crippen molar-refractivity contribution in [2.24, 2.45) is 0 Å². The summed E-state index contributed by atoms with van der Waals surface area (Å²) < 4.78 is 0. The standard InChI is InChI=1S/C13H10ClN3/c14-9-6-5-8(7-10(9)15)13-16-11-3-1-2-4-12(11)17-13/h1-7H,15H2,(H,16,17). The molecule has 3 nitrogen and oxygen atoms in total. The minimum atomic E-state index is 0.560. The van der Waals surface area contributed by atoms with Crippen LogP contribution in [0.3, 0.4) is 0 Å². The van der Waals surface area contributed by atoms with Gasteiger partial charge in [-0.3, -0.25) is 0 Å². The first-order valence-electron chi connectivity index (χ1n) is 5.24. The SMILES string of the molecule is Nc1cc(-c2nc3ccccc3[nH]2)ccc1Cl. The molecule has 17 heavy (non-hydrogen) atoms. The lowest BCUT2D eigenvalue weighted by molar-refractivity contribution is 1.34. The van der Waals surface area contributed by atoms with Gasteiger partial charge in [0.1, 0.15) is 5.82 Å². The molecule has 84 valence electrons. The molecule has 0 radical (unpaired) electrons. The van der Waals surface area contributed by atoms with Crippen molar-refractivity contribution < 1.29 is 0 Å². The number of aromatic amines is 1. The highest BCUT2D eigenvalue weighted by Crippen LogP contribution is 2.26. The fourth-order valence-corrected chi connectivity index (χ4v) is 1.90. The average molecular weight is 244 g/mol. The molecule has 0 saturated carbocycles. The van der Waals surface area contributed by atoms with Gasteiger partial charge in [0.05, 0.1) is 21.7 Å². The summed E-state index contributed by atoms with van der Waals surface area (Å²) in [5.74, 6) is 0.801. The van der Waals surface area contributed by atoms with E-state index in [2.05, 4.69) is 9.97 Å². The smallest absolute Gasteiger partial charge is 0.138 e. The monoisotopic (exact) mass is 243 g/mol. The number of nitrogens with two attached hydrogens (primary N) is 1. The number of anilines is 1. The molecule has 3 aromatic rings. The number of imidazole rings is 1. The minimum absolute atomic E-state index is 0.560. The zero-order chi connectivity index (χ0) is 11.8. The molecule has 0 aliphatic carbocycles. The van der Waals surface area contributed by atoms with Gasteiger partial charge in [-0.15, -0.1) is 0 Å². The highest BCUT2D eigenvalue weighted by atomic mass is 35.5. The van der Waals surface area contributed by atoms with Gasteiger partial charge in [0.2, 0.25) is 0 Å². The molecule has 2 aromatic carbocycles. The third-order valence-corrected chi connectivity index (χ3v) is 3.00. The Morgan fingerprint density at radius 1 is 1.12 bits per heavy atom. The van der Waals surface area contributed by atoms with Crippen LogP contribution in [0.25, 0.3) is 22.4 Å². The summed E-state index contributed by atoms with van der Waals surface area (Å²) in [5, 5.41) is 0.560. The van der Waals surface area contributed by atoms with Crippen molar-refractivity contribution >= 4 is 28.3 Å². The molecule has 1 heterocycles. The van der Waals surface area contributed by atoms with Gasteiger partial charge in [0.15, 0.2) is 0 Å². The second-order valence-corrected chi connectivity index (χ2v) is 4.25. The molecule has 3 rings (SSSR count). The Kier molecular flexibility index (Phi) is 2.27. The van der Waals surface area contributed by atoms with Crippen molar-refractivity contribution in [2.75, 3.05) is 5.73 Å². The Morgan fingerprint density at radius 3 is 2.71 bits per heavy atom. The number of H-pyrrole nitrogens is 1. The van der Waals surface area contributed by atoms with E-state index in [1.807, 2.05) is 36.4 Å². The van der Waals surface area contributed by atoms with Crippen LogP contribution in [0.5, 0.6) is 0 Å². The first-order valence-corrected chi connectivity index (χ1v) is 5.62. The van der Waals surface area contributed by atoms with Crippen LogP contribution in [0.1, 0.15) is 0 Å². The molecule has 0 fully saturated rings. The van der Waals surface area contributed by atoms with Crippen LogP contribution in [-0.4, -0.2) is 9.97 Å². The topological polar surface area (TPSA) is 54.7 Å². The van der Waals surface area contributed by atoms with Gasteiger partial charge in [-0.25, -0.2) is 4.98 Å². The van der Waals surface area contributed by atoms with Crippen LogP contribution in [-0.2, 0) is 0 Å². The van der Waals surface area contributed by atoms with E-state index in [9.17, 15) is 0 Å². The van der Waals surface area contributed by atoms with E-state index in [0.717, 1.165) is 22.4 Å². The summed E-state index contributed by atoms with van der Waals surface area (Å²) in [6.07, 6.45) is 0. The fraction of sp³-hybridized carbons (Fsp3) is 0. The highest BCUT2D eigenvalue weighted by Gasteiger charge is 2.06. The summed E-state index contributed by atoms with van der Waals surface area (Å²) in [5.41, 5.74) is 9.22. The predicted molar refractivity (Wildman–Crippen MR) is 71.0 cm³/mol. The molecule has 0 spiro atoms. The fourth-order valence-electron chi connectivity index (χ4n) is 1.78. The van der Waals surface area contributed by atoms with Crippen LogP contribution in [0.4, 0.5) is 5.69 Å². The van der Waals surface area contributed by atoms with Crippen molar-refractivity contribution in [3.05, 3.63) is 47.5 Å². The van der Waals surface area contributed by atoms with E-state index in [4.69, 9.17) is 17.3 Å². The molecule has 0 bridgehead atoms. The normalized spacial score (nSPS) is 10.9. The van der Waals surface area contributed by atoms with E-state index < -0.39 is 0 Å². The zero-order valence-corrected chi connectivity index (χ0v) is 9.70. The Morgan fingerprint density at radius 2 is 1.94 bits per heavy atom. The molecule has 4 heteroatoms. The van der Waals surface area contributed by atoms with Gasteiger partial charge in [-0.1, -0.05) is 23.7 Å². The Balaban J connectivity index is 2.17. The molecule has 0 atom stereocenters.